The van der Waals surface area contributed by atoms with Gasteiger partial charge in [-0.25, -0.2) is 0 Å². The topological polar surface area (TPSA) is 44.4 Å². The molecule has 2 N–H and O–H groups in total. The number of piperidine rings is 1. The van der Waals surface area contributed by atoms with Crippen LogP contribution in [0, 0.1) is 11.8 Å². The Morgan fingerprint density at radius 1 is 1.21 bits per heavy atom. The summed E-state index contributed by atoms with van der Waals surface area (Å²) in [5.41, 5.74) is 0. The van der Waals surface area contributed by atoms with Gasteiger partial charge in [0.25, 0.3) is 0 Å². The van der Waals surface area contributed by atoms with Crippen LogP contribution in [0.4, 0.5) is 0 Å². The number of nitrogens with one attached hydrogen (secondary N) is 2. The zero-order valence-electron chi connectivity index (χ0n) is 13.2. The van der Waals surface area contributed by atoms with Crippen molar-refractivity contribution in [2.45, 2.75) is 52.6 Å². The van der Waals surface area contributed by atoms with Crippen LogP contribution in [0.2, 0.25) is 0 Å². The van der Waals surface area contributed by atoms with Crippen molar-refractivity contribution in [2.24, 2.45) is 11.8 Å². The summed E-state index contributed by atoms with van der Waals surface area (Å²) in [7, 11) is 2.03. The van der Waals surface area contributed by atoms with Gasteiger partial charge < -0.3 is 10.6 Å². The van der Waals surface area contributed by atoms with Crippen molar-refractivity contribution in [2.75, 3.05) is 26.7 Å². The second-order valence-corrected chi connectivity index (χ2v) is 6.29. The molecule has 1 rings (SSSR count). The molecule has 4 heteroatoms. The molecule has 4 nitrogen and oxygen atoms in total. The van der Waals surface area contributed by atoms with Crippen LogP contribution in [0.1, 0.15) is 40.5 Å². The minimum Gasteiger partial charge on any atom is -0.352 e. The summed E-state index contributed by atoms with van der Waals surface area (Å²) in [6.45, 7) is 11.2. The third-order valence-electron chi connectivity index (χ3n) is 4.55. The van der Waals surface area contributed by atoms with E-state index in [0.29, 0.717) is 18.5 Å². The van der Waals surface area contributed by atoms with E-state index in [2.05, 4.69) is 43.2 Å². The lowest BCUT2D eigenvalue weighted by molar-refractivity contribution is -0.123. The summed E-state index contributed by atoms with van der Waals surface area (Å²) in [4.78, 5) is 14.2. The highest BCUT2D eigenvalue weighted by Gasteiger charge is 2.24. The maximum Gasteiger partial charge on any atom is 0.234 e. The van der Waals surface area contributed by atoms with E-state index in [1.54, 1.807) is 0 Å². The van der Waals surface area contributed by atoms with Gasteiger partial charge in [-0.2, -0.15) is 0 Å². The van der Waals surface area contributed by atoms with E-state index in [-0.39, 0.29) is 11.9 Å². The molecule has 0 aliphatic carbocycles. The zero-order valence-corrected chi connectivity index (χ0v) is 13.2. The minimum absolute atomic E-state index is 0.168. The molecule has 0 bridgehead atoms. The highest BCUT2D eigenvalue weighted by Crippen LogP contribution is 2.20. The second kappa shape index (κ2) is 7.85. The van der Waals surface area contributed by atoms with E-state index in [1.807, 2.05) is 7.05 Å². The van der Waals surface area contributed by atoms with Crippen molar-refractivity contribution >= 4 is 5.91 Å². The van der Waals surface area contributed by atoms with Crippen molar-refractivity contribution in [1.29, 1.82) is 0 Å². The first-order valence-electron chi connectivity index (χ1n) is 7.63. The van der Waals surface area contributed by atoms with Crippen molar-refractivity contribution < 1.29 is 4.79 Å². The van der Waals surface area contributed by atoms with Gasteiger partial charge in [-0.1, -0.05) is 13.8 Å². The molecule has 0 aromatic carbocycles. The Bertz CT molecular complexity index is 273. The predicted octanol–water partition coefficient (Wildman–Crippen LogP) is 1.47. The second-order valence-electron chi connectivity index (χ2n) is 6.29. The van der Waals surface area contributed by atoms with Crippen LogP contribution in [0.5, 0.6) is 0 Å². The van der Waals surface area contributed by atoms with Crippen molar-refractivity contribution in [3.05, 3.63) is 0 Å². The number of amides is 1. The van der Waals surface area contributed by atoms with Crippen LogP contribution in [-0.4, -0.2) is 49.6 Å². The summed E-state index contributed by atoms with van der Waals surface area (Å²) in [6.07, 6.45) is 2.38. The first-order chi connectivity index (χ1) is 8.93. The van der Waals surface area contributed by atoms with Crippen LogP contribution < -0.4 is 10.6 Å². The molecule has 0 aromatic heterocycles. The fraction of sp³-hybridized carbons (Fsp3) is 0.933. The Morgan fingerprint density at radius 3 is 2.26 bits per heavy atom. The molecule has 1 heterocycles. The summed E-state index contributed by atoms with van der Waals surface area (Å²) in [5.74, 6) is 1.41. The molecule has 0 spiro atoms. The fourth-order valence-electron chi connectivity index (χ4n) is 2.52. The minimum atomic E-state index is 0.168. The van der Waals surface area contributed by atoms with Gasteiger partial charge in [-0.15, -0.1) is 0 Å². The zero-order chi connectivity index (χ0) is 14.4. The van der Waals surface area contributed by atoms with E-state index >= 15 is 0 Å². The third kappa shape index (κ3) is 5.49. The van der Waals surface area contributed by atoms with Crippen molar-refractivity contribution in [1.82, 2.24) is 15.5 Å². The molecular formula is C15H31N3O. The van der Waals surface area contributed by atoms with Crippen molar-refractivity contribution in [3.8, 4) is 0 Å². The van der Waals surface area contributed by atoms with E-state index in [1.165, 1.54) is 12.8 Å². The van der Waals surface area contributed by atoms with Crippen LogP contribution in [0.15, 0.2) is 0 Å². The van der Waals surface area contributed by atoms with Crippen LogP contribution in [0.25, 0.3) is 0 Å². The molecule has 1 amide bonds. The normalized spacial score (nSPS) is 21.4. The molecule has 112 valence electrons. The number of carbonyl (C=O) groups excluding carboxylic acids is 1. The average molecular weight is 269 g/mol. The number of hydrogen-bond acceptors (Lipinski definition) is 3. The summed E-state index contributed by atoms with van der Waals surface area (Å²) in [5, 5.41) is 6.41. The molecule has 1 fully saturated rings. The molecular weight excluding hydrogens is 238 g/mol. The Morgan fingerprint density at radius 2 is 1.79 bits per heavy atom. The van der Waals surface area contributed by atoms with Gasteiger partial charge in [-0.05, 0) is 58.7 Å². The molecule has 1 aliphatic heterocycles. The molecule has 19 heavy (non-hydrogen) atoms. The monoisotopic (exact) mass is 269 g/mol. The lowest BCUT2D eigenvalue weighted by atomic mass is 9.90. The maximum absolute atomic E-state index is 11.9. The lowest BCUT2D eigenvalue weighted by Crippen LogP contribution is -2.46. The first kappa shape index (κ1) is 16.4. The highest BCUT2D eigenvalue weighted by molar-refractivity contribution is 5.78. The smallest absolute Gasteiger partial charge is 0.234 e. The molecule has 1 saturated heterocycles. The molecule has 0 radical (unpaired) electrons. The molecule has 0 saturated carbocycles. The SMILES string of the molecule is CNC(C)C1CCN(CC(=O)NC(C)C(C)C)CC1. The summed E-state index contributed by atoms with van der Waals surface area (Å²) >= 11 is 0. The lowest BCUT2D eigenvalue weighted by Gasteiger charge is -2.34. The van der Waals surface area contributed by atoms with E-state index in [0.717, 1.165) is 19.0 Å². The quantitative estimate of drug-likeness (QED) is 0.767. The Kier molecular flexibility index (Phi) is 6.80. The highest BCUT2D eigenvalue weighted by atomic mass is 16.2. The van der Waals surface area contributed by atoms with E-state index in [4.69, 9.17) is 0 Å². The van der Waals surface area contributed by atoms with Gasteiger partial charge in [0, 0.05) is 12.1 Å². The molecule has 2 unspecified atom stereocenters. The van der Waals surface area contributed by atoms with Gasteiger partial charge in [-0.3, -0.25) is 9.69 Å². The van der Waals surface area contributed by atoms with Gasteiger partial charge in [0.1, 0.15) is 0 Å². The first-order valence-corrected chi connectivity index (χ1v) is 7.63. The molecule has 1 aliphatic rings. The number of hydrogen-bond donors (Lipinski definition) is 2. The summed E-state index contributed by atoms with van der Waals surface area (Å²) in [6, 6.07) is 0.839. The standard InChI is InChI=1S/C15H31N3O/c1-11(2)12(3)17-15(19)10-18-8-6-14(7-9-18)13(4)16-5/h11-14,16H,6-10H2,1-5H3,(H,17,19). The number of nitrogens with zero attached hydrogens (tertiary/aromatic N) is 1. The van der Waals surface area contributed by atoms with Crippen LogP contribution in [-0.2, 0) is 4.79 Å². The molecule has 2 atom stereocenters. The van der Waals surface area contributed by atoms with Gasteiger partial charge in [0.2, 0.25) is 5.91 Å². The predicted molar refractivity (Wildman–Crippen MR) is 80.1 cm³/mol. The van der Waals surface area contributed by atoms with Gasteiger partial charge in [0.15, 0.2) is 0 Å². The van der Waals surface area contributed by atoms with E-state index < -0.39 is 0 Å². The fourth-order valence-corrected chi connectivity index (χ4v) is 2.52. The Hall–Kier alpha value is -0.610. The third-order valence-corrected chi connectivity index (χ3v) is 4.55. The maximum atomic E-state index is 11.9. The summed E-state index contributed by atoms with van der Waals surface area (Å²) < 4.78 is 0. The number of carbonyl (C=O) groups is 1. The average Bonchev–Trinajstić information content (AvgIpc) is 2.38. The van der Waals surface area contributed by atoms with Gasteiger partial charge >= 0.3 is 0 Å². The Labute approximate surface area is 118 Å². The van der Waals surface area contributed by atoms with Crippen molar-refractivity contribution in [3.63, 3.8) is 0 Å². The number of likely N-dealkylation sites (tertiary alicyclic amines) is 1. The van der Waals surface area contributed by atoms with Gasteiger partial charge in [0.05, 0.1) is 6.54 Å². The largest absolute Gasteiger partial charge is 0.352 e. The molecule has 0 aromatic rings. The van der Waals surface area contributed by atoms with Crippen LogP contribution in [0.3, 0.4) is 0 Å². The van der Waals surface area contributed by atoms with E-state index in [9.17, 15) is 4.79 Å². The van der Waals surface area contributed by atoms with Crippen LogP contribution >= 0.6 is 0 Å². The Balaban J connectivity index is 2.27. The number of rotatable bonds is 6.